The van der Waals surface area contributed by atoms with Crippen molar-refractivity contribution in [1.29, 1.82) is 0 Å². The average molecular weight is 242 g/mol. The molecule has 0 aromatic carbocycles. The van der Waals surface area contributed by atoms with Crippen molar-refractivity contribution in [3.8, 4) is 0 Å². The summed E-state index contributed by atoms with van der Waals surface area (Å²) in [6, 6.07) is -0.705. The molecule has 0 aliphatic rings. The van der Waals surface area contributed by atoms with Crippen molar-refractivity contribution in [3.63, 3.8) is 0 Å². The third-order valence-corrected chi connectivity index (χ3v) is 1.37. The van der Waals surface area contributed by atoms with Crippen molar-refractivity contribution < 1.29 is 22.8 Å². The second-order valence-corrected chi connectivity index (χ2v) is 2.86. The highest BCUT2D eigenvalue weighted by Gasteiger charge is 2.27. The fourth-order valence-corrected chi connectivity index (χ4v) is 0.737. The second kappa shape index (κ2) is 6.88. The van der Waals surface area contributed by atoms with Crippen molar-refractivity contribution in [1.82, 2.24) is 16.0 Å². The Bertz CT molecular complexity index is 244. The Labute approximate surface area is 89.7 Å². The number of hydrogen-bond acceptors (Lipinski definition) is 3. The molecular weight excluding hydrogens is 229 g/mol. The molecule has 0 saturated heterocycles. The van der Waals surface area contributed by atoms with Crippen LogP contribution in [0.25, 0.3) is 0 Å². The quantitative estimate of drug-likeness (QED) is 0.446. The Morgan fingerprint density at radius 2 is 1.75 bits per heavy atom. The Kier molecular flexibility index (Phi) is 6.23. The maximum absolute atomic E-state index is 11.7. The topological polar surface area (TPSA) is 96.2 Å². The van der Waals surface area contributed by atoms with Crippen LogP contribution in [0.15, 0.2) is 0 Å². The molecule has 0 rings (SSSR count). The molecule has 0 aliphatic carbocycles. The number of alkyl halides is 3. The SMILES string of the molecule is NC(=O)NCCNCC(=O)NCC(F)(F)F. The molecule has 0 radical (unpaired) electrons. The monoisotopic (exact) mass is 242 g/mol. The maximum Gasteiger partial charge on any atom is 0.405 e. The number of hydrogen-bond donors (Lipinski definition) is 4. The van der Waals surface area contributed by atoms with Gasteiger partial charge in [-0.15, -0.1) is 0 Å². The zero-order valence-electron chi connectivity index (χ0n) is 8.36. The molecule has 0 aromatic heterocycles. The summed E-state index contributed by atoms with van der Waals surface area (Å²) in [5.74, 6) is -0.767. The van der Waals surface area contributed by atoms with E-state index in [2.05, 4.69) is 10.6 Å². The lowest BCUT2D eigenvalue weighted by atomic mass is 10.5. The molecule has 0 saturated carbocycles. The first-order valence-corrected chi connectivity index (χ1v) is 4.39. The molecule has 0 atom stereocenters. The summed E-state index contributed by atoms with van der Waals surface area (Å²) in [4.78, 5) is 21.0. The predicted molar refractivity (Wildman–Crippen MR) is 49.5 cm³/mol. The summed E-state index contributed by atoms with van der Waals surface area (Å²) < 4.78 is 35.0. The number of carbonyl (C=O) groups excluding carboxylic acids is 2. The van der Waals surface area contributed by atoms with Crippen LogP contribution in [-0.2, 0) is 4.79 Å². The van der Waals surface area contributed by atoms with Gasteiger partial charge in [-0.05, 0) is 0 Å². The van der Waals surface area contributed by atoms with Crippen LogP contribution in [0.3, 0.4) is 0 Å². The van der Waals surface area contributed by atoms with E-state index in [1.165, 1.54) is 0 Å². The van der Waals surface area contributed by atoms with Crippen LogP contribution in [0.4, 0.5) is 18.0 Å². The highest BCUT2D eigenvalue weighted by atomic mass is 19.4. The summed E-state index contributed by atoms with van der Waals surface area (Å²) in [6.07, 6.45) is -4.41. The lowest BCUT2D eigenvalue weighted by Crippen LogP contribution is -2.41. The first-order chi connectivity index (χ1) is 7.31. The van der Waals surface area contributed by atoms with Crippen molar-refractivity contribution >= 4 is 11.9 Å². The van der Waals surface area contributed by atoms with E-state index in [0.29, 0.717) is 0 Å². The summed E-state index contributed by atoms with van der Waals surface area (Å²) >= 11 is 0. The van der Waals surface area contributed by atoms with E-state index in [-0.39, 0.29) is 19.6 Å². The van der Waals surface area contributed by atoms with Gasteiger partial charge in [0.2, 0.25) is 5.91 Å². The van der Waals surface area contributed by atoms with E-state index in [0.717, 1.165) is 0 Å². The molecule has 0 heterocycles. The van der Waals surface area contributed by atoms with Gasteiger partial charge in [0.25, 0.3) is 0 Å². The standard InChI is InChI=1S/C7H13F3N4O2/c8-7(9,10)4-14-5(15)3-12-1-2-13-6(11)16/h12H,1-4H2,(H,14,15)(H3,11,13,16). The first kappa shape index (κ1) is 14.5. The Morgan fingerprint density at radius 1 is 1.12 bits per heavy atom. The molecule has 0 spiro atoms. The molecule has 94 valence electrons. The van der Waals surface area contributed by atoms with Gasteiger partial charge in [-0.3, -0.25) is 4.79 Å². The third kappa shape index (κ3) is 10.6. The number of rotatable bonds is 6. The summed E-state index contributed by atoms with van der Waals surface area (Å²) in [6.45, 7) is -1.17. The van der Waals surface area contributed by atoms with Gasteiger partial charge in [-0.25, -0.2) is 4.79 Å². The molecule has 9 heteroatoms. The molecule has 0 bridgehead atoms. The Hall–Kier alpha value is -1.51. The second-order valence-electron chi connectivity index (χ2n) is 2.86. The van der Waals surface area contributed by atoms with Crippen LogP contribution in [0.1, 0.15) is 0 Å². The van der Waals surface area contributed by atoms with Crippen molar-refractivity contribution in [2.45, 2.75) is 6.18 Å². The smallest absolute Gasteiger partial charge is 0.352 e. The van der Waals surface area contributed by atoms with Gasteiger partial charge >= 0.3 is 12.2 Å². The molecule has 0 aromatic rings. The number of primary amides is 1. The van der Waals surface area contributed by atoms with Gasteiger partial charge in [0.15, 0.2) is 0 Å². The molecule has 3 amide bonds. The van der Waals surface area contributed by atoms with E-state index >= 15 is 0 Å². The zero-order chi connectivity index (χ0) is 12.6. The van der Waals surface area contributed by atoms with Gasteiger partial charge in [-0.1, -0.05) is 0 Å². The number of amides is 3. The molecule has 0 fully saturated rings. The van der Waals surface area contributed by atoms with Gasteiger partial charge in [0.05, 0.1) is 6.54 Å². The van der Waals surface area contributed by atoms with E-state index < -0.39 is 24.7 Å². The molecule has 5 N–H and O–H groups in total. The molecular formula is C7H13F3N4O2. The van der Waals surface area contributed by atoms with Crippen molar-refractivity contribution in [2.24, 2.45) is 5.73 Å². The molecule has 0 aliphatic heterocycles. The summed E-state index contributed by atoms with van der Waals surface area (Å²) in [5.41, 5.74) is 4.75. The normalized spacial score (nSPS) is 10.9. The lowest BCUT2D eigenvalue weighted by Gasteiger charge is -2.09. The van der Waals surface area contributed by atoms with Gasteiger partial charge in [0.1, 0.15) is 6.54 Å². The number of nitrogens with one attached hydrogen (secondary N) is 3. The molecule has 0 unspecified atom stereocenters. The highest BCUT2D eigenvalue weighted by Crippen LogP contribution is 2.11. The van der Waals surface area contributed by atoms with Crippen molar-refractivity contribution in [2.75, 3.05) is 26.2 Å². The number of carbonyl (C=O) groups is 2. The molecule has 16 heavy (non-hydrogen) atoms. The van der Waals surface area contributed by atoms with Gasteiger partial charge in [0, 0.05) is 13.1 Å². The van der Waals surface area contributed by atoms with E-state index in [9.17, 15) is 22.8 Å². The largest absolute Gasteiger partial charge is 0.405 e. The van der Waals surface area contributed by atoms with Gasteiger partial charge in [-0.2, -0.15) is 13.2 Å². The minimum atomic E-state index is -4.41. The Balaban J connectivity index is 3.41. The van der Waals surface area contributed by atoms with Crippen LogP contribution in [0, 0.1) is 0 Å². The fourth-order valence-electron chi connectivity index (χ4n) is 0.737. The number of halogens is 3. The zero-order valence-corrected chi connectivity index (χ0v) is 8.36. The van der Waals surface area contributed by atoms with E-state index in [1.54, 1.807) is 5.32 Å². The first-order valence-electron chi connectivity index (χ1n) is 4.39. The van der Waals surface area contributed by atoms with Crippen LogP contribution < -0.4 is 21.7 Å². The summed E-state index contributed by atoms with van der Waals surface area (Å²) in [5, 5.41) is 6.45. The van der Waals surface area contributed by atoms with Crippen molar-refractivity contribution in [3.05, 3.63) is 0 Å². The van der Waals surface area contributed by atoms with E-state index in [1.807, 2.05) is 0 Å². The van der Waals surface area contributed by atoms with Crippen LogP contribution >= 0.6 is 0 Å². The predicted octanol–water partition coefficient (Wildman–Crippen LogP) is -1.08. The fraction of sp³-hybridized carbons (Fsp3) is 0.714. The van der Waals surface area contributed by atoms with Gasteiger partial charge < -0.3 is 21.7 Å². The maximum atomic E-state index is 11.7. The van der Waals surface area contributed by atoms with Crippen LogP contribution in [-0.4, -0.2) is 44.3 Å². The Morgan fingerprint density at radius 3 is 2.25 bits per heavy atom. The van der Waals surface area contributed by atoms with E-state index in [4.69, 9.17) is 5.73 Å². The minimum Gasteiger partial charge on any atom is -0.352 e. The highest BCUT2D eigenvalue weighted by molar-refractivity contribution is 5.78. The lowest BCUT2D eigenvalue weighted by molar-refractivity contribution is -0.137. The summed E-state index contributed by atoms with van der Waals surface area (Å²) in [7, 11) is 0. The third-order valence-electron chi connectivity index (χ3n) is 1.37. The number of urea groups is 1. The van der Waals surface area contributed by atoms with Crippen LogP contribution in [0.2, 0.25) is 0 Å². The molecule has 6 nitrogen and oxygen atoms in total. The minimum absolute atomic E-state index is 0.196. The van der Waals surface area contributed by atoms with Crippen LogP contribution in [0.5, 0.6) is 0 Å². The number of nitrogens with two attached hydrogens (primary N) is 1. The average Bonchev–Trinajstić information content (AvgIpc) is 2.12.